The van der Waals surface area contributed by atoms with Gasteiger partial charge in [-0.1, -0.05) is 0 Å². The van der Waals surface area contributed by atoms with E-state index in [1.54, 1.807) is 25.1 Å². The third-order valence-electron chi connectivity index (χ3n) is 4.43. The number of H-pyrrole nitrogens is 1. The van der Waals surface area contributed by atoms with Crippen molar-refractivity contribution in [3.05, 3.63) is 70.4 Å². The van der Waals surface area contributed by atoms with Gasteiger partial charge in [-0.05, 0) is 49.4 Å². The number of nitrogens with one attached hydrogen (secondary N) is 2. The molecule has 0 saturated carbocycles. The summed E-state index contributed by atoms with van der Waals surface area (Å²) in [5.74, 6) is -0.729. The van der Waals surface area contributed by atoms with Crippen LogP contribution < -0.4 is 10.9 Å². The Bertz CT molecular complexity index is 1240. The third kappa shape index (κ3) is 3.14. The zero-order valence-corrected chi connectivity index (χ0v) is 14.9. The van der Waals surface area contributed by atoms with Crippen LogP contribution in [0.1, 0.15) is 17.3 Å². The van der Waals surface area contributed by atoms with Gasteiger partial charge in [-0.25, -0.2) is 9.07 Å². The lowest BCUT2D eigenvalue weighted by molar-refractivity contribution is 0.0924. The molecule has 2 aromatic heterocycles. The van der Waals surface area contributed by atoms with E-state index < -0.39 is 11.9 Å². The standard InChI is InChI=1S/C20H17FN4O3/c1-11(26)9-23-19(27)12-2-7-17-15(8-12)18-16(10-22-17)20(28)25(24-18)14-5-3-13(21)4-6-14/h2-8,10-11,24,26H,9H2,1H3,(H,23,27)/t11-/m0/s1. The molecule has 0 aliphatic carbocycles. The number of aromatic nitrogens is 3. The number of hydrogen-bond donors (Lipinski definition) is 3. The number of carbonyl (C=O) groups excluding carboxylic acids is 1. The molecule has 2 aromatic carbocycles. The molecule has 1 amide bonds. The first-order valence-electron chi connectivity index (χ1n) is 8.70. The Morgan fingerprint density at radius 2 is 2.00 bits per heavy atom. The molecule has 0 radical (unpaired) electrons. The topological polar surface area (TPSA) is 100 Å². The van der Waals surface area contributed by atoms with Crippen LogP contribution in [0.2, 0.25) is 0 Å². The maximum absolute atomic E-state index is 13.2. The highest BCUT2D eigenvalue weighted by Gasteiger charge is 2.14. The Kier molecular flexibility index (Phi) is 4.40. The average molecular weight is 380 g/mol. The number of aliphatic hydroxyl groups is 1. The molecule has 0 spiro atoms. The minimum Gasteiger partial charge on any atom is -0.392 e. The van der Waals surface area contributed by atoms with Crippen LogP contribution in [0.4, 0.5) is 4.39 Å². The molecule has 142 valence electrons. The van der Waals surface area contributed by atoms with Gasteiger partial charge in [-0.15, -0.1) is 0 Å². The number of aliphatic hydroxyl groups excluding tert-OH is 1. The Morgan fingerprint density at radius 3 is 2.71 bits per heavy atom. The molecule has 8 heteroatoms. The van der Waals surface area contributed by atoms with E-state index in [1.807, 2.05) is 0 Å². The molecule has 0 aliphatic rings. The van der Waals surface area contributed by atoms with E-state index >= 15 is 0 Å². The van der Waals surface area contributed by atoms with E-state index in [2.05, 4.69) is 15.4 Å². The van der Waals surface area contributed by atoms with Crippen molar-refractivity contribution < 1.29 is 14.3 Å². The molecular weight excluding hydrogens is 363 g/mol. The van der Waals surface area contributed by atoms with Crippen LogP contribution in [0, 0.1) is 5.82 Å². The van der Waals surface area contributed by atoms with Gasteiger partial charge in [-0.3, -0.25) is 19.7 Å². The molecule has 3 N–H and O–H groups in total. The monoisotopic (exact) mass is 380 g/mol. The quantitative estimate of drug-likeness (QED) is 0.505. The smallest absolute Gasteiger partial charge is 0.280 e. The first kappa shape index (κ1) is 17.9. The van der Waals surface area contributed by atoms with Crippen molar-refractivity contribution in [1.82, 2.24) is 20.1 Å². The van der Waals surface area contributed by atoms with Gasteiger partial charge in [0.2, 0.25) is 0 Å². The van der Waals surface area contributed by atoms with Gasteiger partial charge < -0.3 is 10.4 Å². The van der Waals surface area contributed by atoms with Crippen molar-refractivity contribution in [2.45, 2.75) is 13.0 Å². The first-order chi connectivity index (χ1) is 13.4. The molecule has 0 unspecified atom stereocenters. The second-order valence-electron chi connectivity index (χ2n) is 6.57. The molecule has 7 nitrogen and oxygen atoms in total. The van der Waals surface area contributed by atoms with Crippen molar-refractivity contribution in [2.24, 2.45) is 0 Å². The summed E-state index contributed by atoms with van der Waals surface area (Å²) in [5, 5.41) is 16.0. The van der Waals surface area contributed by atoms with Gasteiger partial charge in [0.15, 0.2) is 0 Å². The number of rotatable bonds is 4. The Balaban J connectivity index is 1.85. The lowest BCUT2D eigenvalue weighted by Crippen LogP contribution is -2.30. The van der Waals surface area contributed by atoms with Crippen molar-refractivity contribution in [3.8, 4) is 5.69 Å². The van der Waals surface area contributed by atoms with E-state index in [4.69, 9.17) is 0 Å². The fraction of sp³-hybridized carbons (Fsp3) is 0.150. The second-order valence-corrected chi connectivity index (χ2v) is 6.57. The molecule has 0 bridgehead atoms. The van der Waals surface area contributed by atoms with Crippen molar-refractivity contribution in [3.63, 3.8) is 0 Å². The summed E-state index contributed by atoms with van der Waals surface area (Å²) in [5.41, 5.74) is 1.70. The van der Waals surface area contributed by atoms with Gasteiger partial charge in [0, 0.05) is 23.7 Å². The van der Waals surface area contributed by atoms with Crippen molar-refractivity contribution in [2.75, 3.05) is 6.54 Å². The zero-order valence-electron chi connectivity index (χ0n) is 14.9. The third-order valence-corrected chi connectivity index (χ3v) is 4.43. The molecule has 1 atom stereocenters. The predicted octanol–water partition coefficient (Wildman–Crippen LogP) is 2.12. The normalized spacial score (nSPS) is 12.4. The van der Waals surface area contributed by atoms with Gasteiger partial charge in [0.1, 0.15) is 5.82 Å². The van der Waals surface area contributed by atoms with Gasteiger partial charge in [0.05, 0.1) is 28.2 Å². The highest BCUT2D eigenvalue weighted by Crippen LogP contribution is 2.22. The molecule has 0 aliphatic heterocycles. The largest absolute Gasteiger partial charge is 0.392 e. The number of carbonyl (C=O) groups is 1. The van der Waals surface area contributed by atoms with E-state index in [1.165, 1.54) is 35.1 Å². The molecule has 2 heterocycles. The number of amides is 1. The highest BCUT2D eigenvalue weighted by atomic mass is 19.1. The van der Waals surface area contributed by atoms with E-state index in [9.17, 15) is 19.1 Å². The average Bonchev–Trinajstić information content (AvgIpc) is 3.03. The zero-order chi connectivity index (χ0) is 19.8. The summed E-state index contributed by atoms with van der Waals surface area (Å²) >= 11 is 0. The second kappa shape index (κ2) is 6.90. The van der Waals surface area contributed by atoms with Crippen molar-refractivity contribution in [1.29, 1.82) is 0 Å². The number of aromatic amines is 1. The molecular formula is C20H17FN4O3. The lowest BCUT2D eigenvalue weighted by atomic mass is 10.1. The predicted molar refractivity (Wildman–Crippen MR) is 103 cm³/mol. The molecule has 0 fully saturated rings. The highest BCUT2D eigenvalue weighted by molar-refractivity contribution is 6.06. The fourth-order valence-corrected chi connectivity index (χ4v) is 3.01. The summed E-state index contributed by atoms with van der Waals surface area (Å²) in [6, 6.07) is 10.5. The lowest BCUT2D eigenvalue weighted by Gasteiger charge is -2.08. The summed E-state index contributed by atoms with van der Waals surface area (Å²) in [6.07, 6.45) is 0.822. The summed E-state index contributed by atoms with van der Waals surface area (Å²) < 4.78 is 14.5. The molecule has 4 rings (SSSR count). The summed E-state index contributed by atoms with van der Waals surface area (Å²) in [6.45, 7) is 1.72. The Morgan fingerprint density at radius 1 is 1.25 bits per heavy atom. The van der Waals surface area contributed by atoms with Crippen LogP contribution in [0.3, 0.4) is 0 Å². The number of benzene rings is 2. The number of pyridine rings is 1. The van der Waals surface area contributed by atoms with Gasteiger partial charge in [-0.2, -0.15) is 0 Å². The molecule has 4 aromatic rings. The van der Waals surface area contributed by atoms with Crippen LogP contribution in [-0.2, 0) is 0 Å². The number of hydrogen-bond acceptors (Lipinski definition) is 4. The summed E-state index contributed by atoms with van der Waals surface area (Å²) in [4.78, 5) is 29.3. The Hall–Kier alpha value is -3.52. The molecule has 28 heavy (non-hydrogen) atoms. The van der Waals surface area contributed by atoms with E-state index in [-0.39, 0.29) is 18.0 Å². The number of nitrogens with zero attached hydrogens (tertiary/aromatic N) is 2. The number of fused-ring (bicyclic) bond motifs is 3. The van der Waals surface area contributed by atoms with Gasteiger partial charge in [0.25, 0.3) is 11.5 Å². The SMILES string of the molecule is C[C@H](O)CNC(=O)c1ccc2ncc3c(=O)n(-c4ccc(F)cc4)[nH]c3c2c1. The van der Waals surface area contributed by atoms with Gasteiger partial charge >= 0.3 is 0 Å². The first-order valence-corrected chi connectivity index (χ1v) is 8.70. The number of halogens is 1. The van der Waals surface area contributed by atoms with E-state index in [0.717, 1.165) is 0 Å². The maximum atomic E-state index is 13.2. The van der Waals surface area contributed by atoms with Crippen LogP contribution in [-0.4, -0.2) is 38.4 Å². The minimum absolute atomic E-state index is 0.136. The Labute approximate surface area is 158 Å². The van der Waals surface area contributed by atoms with Crippen LogP contribution >= 0.6 is 0 Å². The van der Waals surface area contributed by atoms with Crippen molar-refractivity contribution >= 4 is 27.7 Å². The minimum atomic E-state index is -0.654. The van der Waals surface area contributed by atoms with Crippen LogP contribution in [0.5, 0.6) is 0 Å². The molecule has 0 saturated heterocycles. The van der Waals surface area contributed by atoms with E-state index in [0.29, 0.717) is 33.1 Å². The summed E-state index contributed by atoms with van der Waals surface area (Å²) in [7, 11) is 0. The van der Waals surface area contributed by atoms with Crippen LogP contribution in [0.25, 0.3) is 27.5 Å². The maximum Gasteiger partial charge on any atom is 0.280 e. The van der Waals surface area contributed by atoms with Crippen LogP contribution in [0.15, 0.2) is 53.5 Å². The fourth-order valence-electron chi connectivity index (χ4n) is 3.01.